The Labute approximate surface area is 101 Å². The van der Waals surface area contributed by atoms with E-state index in [1.807, 2.05) is 0 Å². The van der Waals surface area contributed by atoms with Gasteiger partial charge >= 0.3 is 0 Å². The number of nitrogens with zero attached hydrogens (tertiary/aromatic N) is 1. The molecule has 0 aliphatic rings. The van der Waals surface area contributed by atoms with Crippen molar-refractivity contribution in [1.82, 2.24) is 10.3 Å². The third-order valence-electron chi connectivity index (χ3n) is 2.20. The Balaban J connectivity index is 2.66. The maximum atomic E-state index is 11.2. The highest BCUT2D eigenvalue weighted by atomic mass is 16.3. The predicted molar refractivity (Wildman–Crippen MR) is 66.0 cm³/mol. The van der Waals surface area contributed by atoms with E-state index in [1.54, 1.807) is 18.2 Å². The number of carbonyl (C=O) groups is 1. The molecule has 0 spiro atoms. The Hall–Kier alpha value is -1.85. The molecule has 5 heteroatoms. The highest BCUT2D eigenvalue weighted by Crippen LogP contribution is 2.10. The molecule has 0 saturated heterocycles. The van der Waals surface area contributed by atoms with Crippen molar-refractivity contribution in [2.45, 2.75) is 6.54 Å². The quantitative estimate of drug-likeness (QED) is 0.321. The summed E-state index contributed by atoms with van der Waals surface area (Å²) in [7, 11) is 0. The largest absolute Gasteiger partial charge is 0.467 e. The summed E-state index contributed by atoms with van der Waals surface area (Å²) in [6.07, 6.45) is 5.00. The molecule has 1 aromatic heterocycles. The van der Waals surface area contributed by atoms with Gasteiger partial charge in [0.05, 0.1) is 12.1 Å². The second-order valence-electron chi connectivity index (χ2n) is 3.55. The van der Waals surface area contributed by atoms with Gasteiger partial charge in [0.1, 0.15) is 12.0 Å². The molecule has 0 aliphatic heterocycles. The van der Waals surface area contributed by atoms with E-state index < -0.39 is 0 Å². The van der Waals surface area contributed by atoms with Crippen LogP contribution < -0.4 is 11.3 Å². The van der Waals surface area contributed by atoms with Gasteiger partial charge < -0.3 is 4.42 Å². The zero-order chi connectivity index (χ0) is 12.7. The van der Waals surface area contributed by atoms with E-state index in [4.69, 9.17) is 10.3 Å². The van der Waals surface area contributed by atoms with Gasteiger partial charge in [0.2, 0.25) is 0 Å². The van der Waals surface area contributed by atoms with Gasteiger partial charge in [-0.25, -0.2) is 5.84 Å². The number of hydrazine groups is 1. The molecular weight excluding hydrogens is 218 g/mol. The van der Waals surface area contributed by atoms with E-state index >= 15 is 0 Å². The highest BCUT2D eigenvalue weighted by Gasteiger charge is 2.10. The number of nitrogens with one attached hydrogen (secondary N) is 1. The van der Waals surface area contributed by atoms with E-state index in [1.165, 1.54) is 6.26 Å². The molecule has 5 nitrogen and oxygen atoms in total. The first kappa shape index (κ1) is 13.2. The van der Waals surface area contributed by atoms with E-state index in [2.05, 4.69) is 23.5 Å². The Morgan fingerprint density at radius 2 is 2.12 bits per heavy atom. The van der Waals surface area contributed by atoms with Crippen LogP contribution in [0.25, 0.3) is 0 Å². The summed E-state index contributed by atoms with van der Waals surface area (Å²) in [5.41, 5.74) is 2.47. The molecular formula is C12H17N3O2. The number of nitrogens with two attached hydrogens (primary N) is 1. The third kappa shape index (κ3) is 3.90. The van der Waals surface area contributed by atoms with E-state index in [9.17, 15) is 4.79 Å². The maximum absolute atomic E-state index is 11.2. The molecule has 17 heavy (non-hydrogen) atoms. The number of furan rings is 1. The molecule has 0 aliphatic carbocycles. The minimum atomic E-state index is -0.362. The highest BCUT2D eigenvalue weighted by molar-refractivity contribution is 5.93. The Morgan fingerprint density at radius 1 is 1.47 bits per heavy atom. The fourth-order valence-corrected chi connectivity index (χ4v) is 1.46. The van der Waals surface area contributed by atoms with Crippen LogP contribution in [0.1, 0.15) is 16.1 Å². The summed E-state index contributed by atoms with van der Waals surface area (Å²) >= 11 is 0. The maximum Gasteiger partial charge on any atom is 0.268 e. The summed E-state index contributed by atoms with van der Waals surface area (Å²) < 4.78 is 5.28. The van der Waals surface area contributed by atoms with Crippen molar-refractivity contribution in [1.29, 1.82) is 0 Å². The van der Waals surface area contributed by atoms with Crippen molar-refractivity contribution < 1.29 is 9.21 Å². The number of nitrogen functional groups attached to an aromatic ring is 1. The molecule has 3 N–H and O–H groups in total. The normalized spacial score (nSPS) is 10.2. The van der Waals surface area contributed by atoms with Crippen LogP contribution in [0, 0.1) is 0 Å². The van der Waals surface area contributed by atoms with Gasteiger partial charge in [0.15, 0.2) is 0 Å². The molecule has 92 valence electrons. The summed E-state index contributed by atoms with van der Waals surface area (Å²) in [5.74, 6) is 5.37. The number of hydrogen-bond acceptors (Lipinski definition) is 4. The molecule has 1 rings (SSSR count). The van der Waals surface area contributed by atoms with Crippen LogP contribution in [0.5, 0.6) is 0 Å². The standard InChI is InChI=1S/C12H17N3O2/c1-3-5-15(6-4-2)8-11-7-10(9-17-11)12(16)14-13/h3-4,7,9H,1-2,5-6,8,13H2,(H,14,16). The number of hydrogen-bond donors (Lipinski definition) is 2. The molecule has 0 bridgehead atoms. The van der Waals surface area contributed by atoms with Crippen LogP contribution in [0.2, 0.25) is 0 Å². The lowest BCUT2D eigenvalue weighted by Crippen LogP contribution is -2.29. The Kier molecular flexibility index (Phi) is 5.19. The summed E-state index contributed by atoms with van der Waals surface area (Å²) in [4.78, 5) is 13.3. The molecule has 0 radical (unpaired) electrons. The number of rotatable bonds is 7. The predicted octanol–water partition coefficient (Wildman–Crippen LogP) is 1.06. The second-order valence-corrected chi connectivity index (χ2v) is 3.55. The van der Waals surface area contributed by atoms with Crippen molar-refractivity contribution in [2.24, 2.45) is 5.84 Å². The van der Waals surface area contributed by atoms with Gasteiger partial charge in [-0.2, -0.15) is 0 Å². The molecule has 1 amide bonds. The van der Waals surface area contributed by atoms with Gasteiger partial charge in [-0.15, -0.1) is 13.2 Å². The zero-order valence-electron chi connectivity index (χ0n) is 9.69. The van der Waals surface area contributed by atoms with E-state index in [0.29, 0.717) is 17.9 Å². The first-order valence-electron chi connectivity index (χ1n) is 5.23. The Bertz CT molecular complexity index is 388. The van der Waals surface area contributed by atoms with Gasteiger partial charge in [-0.05, 0) is 6.07 Å². The number of amides is 1. The smallest absolute Gasteiger partial charge is 0.268 e. The lowest BCUT2D eigenvalue weighted by atomic mass is 10.3. The van der Waals surface area contributed by atoms with Crippen LogP contribution in [0.4, 0.5) is 0 Å². The van der Waals surface area contributed by atoms with E-state index in [-0.39, 0.29) is 5.91 Å². The average molecular weight is 235 g/mol. The second kappa shape index (κ2) is 6.67. The van der Waals surface area contributed by atoms with Gasteiger partial charge in [-0.3, -0.25) is 15.1 Å². The summed E-state index contributed by atoms with van der Waals surface area (Å²) in [5, 5.41) is 0. The number of carbonyl (C=O) groups excluding carboxylic acids is 1. The fraction of sp³-hybridized carbons (Fsp3) is 0.250. The fourth-order valence-electron chi connectivity index (χ4n) is 1.46. The van der Waals surface area contributed by atoms with Crippen LogP contribution >= 0.6 is 0 Å². The first-order valence-corrected chi connectivity index (χ1v) is 5.23. The lowest BCUT2D eigenvalue weighted by molar-refractivity contribution is 0.0953. The van der Waals surface area contributed by atoms with Gasteiger partial charge in [-0.1, -0.05) is 12.2 Å². The lowest BCUT2D eigenvalue weighted by Gasteiger charge is -2.16. The van der Waals surface area contributed by atoms with Crippen LogP contribution in [-0.2, 0) is 6.54 Å². The van der Waals surface area contributed by atoms with Crippen LogP contribution in [0.15, 0.2) is 42.1 Å². The molecule has 1 aromatic rings. The monoisotopic (exact) mass is 235 g/mol. The zero-order valence-corrected chi connectivity index (χ0v) is 9.69. The SMILES string of the molecule is C=CCN(CC=C)Cc1cc(C(=O)NN)co1. The van der Waals surface area contributed by atoms with Crippen molar-refractivity contribution in [3.05, 3.63) is 49.0 Å². The van der Waals surface area contributed by atoms with E-state index in [0.717, 1.165) is 13.1 Å². The molecule has 0 saturated carbocycles. The average Bonchev–Trinajstić information content (AvgIpc) is 2.77. The molecule has 0 atom stereocenters. The summed E-state index contributed by atoms with van der Waals surface area (Å²) in [6.45, 7) is 9.42. The van der Waals surface area contributed by atoms with Crippen molar-refractivity contribution in [3.8, 4) is 0 Å². The molecule has 0 unspecified atom stereocenters. The third-order valence-corrected chi connectivity index (χ3v) is 2.20. The van der Waals surface area contributed by atoms with Crippen LogP contribution in [0.3, 0.4) is 0 Å². The Morgan fingerprint density at radius 3 is 2.65 bits per heavy atom. The minimum Gasteiger partial charge on any atom is -0.467 e. The van der Waals surface area contributed by atoms with Crippen LogP contribution in [-0.4, -0.2) is 23.9 Å². The van der Waals surface area contributed by atoms with Crippen molar-refractivity contribution in [3.63, 3.8) is 0 Å². The summed E-state index contributed by atoms with van der Waals surface area (Å²) in [6, 6.07) is 1.67. The topological polar surface area (TPSA) is 71.5 Å². The molecule has 0 aromatic carbocycles. The minimum absolute atomic E-state index is 0.362. The molecule has 0 fully saturated rings. The van der Waals surface area contributed by atoms with Crippen molar-refractivity contribution >= 4 is 5.91 Å². The van der Waals surface area contributed by atoms with Gasteiger partial charge in [0, 0.05) is 13.1 Å². The van der Waals surface area contributed by atoms with Crippen molar-refractivity contribution in [2.75, 3.05) is 13.1 Å². The first-order chi connectivity index (χ1) is 8.21. The van der Waals surface area contributed by atoms with Gasteiger partial charge in [0.25, 0.3) is 5.91 Å². The molecule has 1 heterocycles.